The average Bonchev–Trinajstić information content (AvgIpc) is 3.57. The van der Waals surface area contributed by atoms with E-state index >= 15 is 0 Å². The fourth-order valence-electron chi connectivity index (χ4n) is 4.08. The molecule has 1 atom stereocenters. The number of benzene rings is 2. The Labute approximate surface area is 231 Å². The third kappa shape index (κ3) is 6.21. The lowest BCUT2D eigenvalue weighted by molar-refractivity contribution is -0.117. The third-order valence-electron chi connectivity index (χ3n) is 5.91. The van der Waals surface area contributed by atoms with E-state index in [-0.39, 0.29) is 23.2 Å². The minimum atomic E-state index is -0.573. The topological polar surface area (TPSA) is 130 Å². The molecule has 3 N–H and O–H groups in total. The number of anilines is 1. The van der Waals surface area contributed by atoms with Crippen molar-refractivity contribution in [2.45, 2.75) is 25.3 Å². The van der Waals surface area contributed by atoms with Gasteiger partial charge in [-0.25, -0.2) is 9.37 Å². The second-order valence-electron chi connectivity index (χ2n) is 8.62. The molecule has 2 aromatic heterocycles. The number of aromatic nitrogens is 6. The first-order valence-electron chi connectivity index (χ1n) is 11.9. The third-order valence-corrected chi connectivity index (χ3v) is 6.42. The molecule has 2 bridgehead atoms. The zero-order chi connectivity index (χ0) is 27.4. The fraction of sp³-hybridized carbons (Fsp3) is 0.154. The molecular weight excluding hydrogens is 546 g/mol. The summed E-state index contributed by atoms with van der Waals surface area (Å²) in [6.45, 7) is 0. The molecule has 0 radical (unpaired) electrons. The first-order chi connectivity index (χ1) is 18.9. The molecule has 10 nitrogen and oxygen atoms in total. The van der Waals surface area contributed by atoms with Gasteiger partial charge in [-0.2, -0.15) is 4.68 Å². The van der Waals surface area contributed by atoms with Crippen LogP contribution in [0.25, 0.3) is 23.0 Å². The fourth-order valence-corrected chi connectivity index (χ4v) is 4.50. The Kier molecular flexibility index (Phi) is 7.80. The summed E-state index contributed by atoms with van der Waals surface area (Å²) in [4.78, 5) is 33.0. The van der Waals surface area contributed by atoms with Gasteiger partial charge in [0, 0.05) is 28.6 Å². The van der Waals surface area contributed by atoms with E-state index < -0.39 is 17.8 Å². The Morgan fingerprint density at radius 2 is 2.05 bits per heavy atom. The van der Waals surface area contributed by atoms with Crippen LogP contribution in [0, 0.1) is 5.82 Å². The molecule has 1 aliphatic rings. The van der Waals surface area contributed by atoms with Gasteiger partial charge in [-0.05, 0) is 65.7 Å². The number of carbonyl (C=O) groups excluding carboxylic acids is 2. The smallest absolute Gasteiger partial charge is 0.244 e. The van der Waals surface area contributed by atoms with Gasteiger partial charge in [0.25, 0.3) is 0 Å². The van der Waals surface area contributed by atoms with Crippen LogP contribution >= 0.6 is 23.2 Å². The zero-order valence-corrected chi connectivity index (χ0v) is 21.7. The van der Waals surface area contributed by atoms with Gasteiger partial charge < -0.3 is 15.6 Å². The Bertz CT molecular complexity index is 1580. The maximum atomic E-state index is 14.0. The molecule has 0 unspecified atom stereocenters. The first kappa shape index (κ1) is 26.3. The van der Waals surface area contributed by atoms with Crippen LogP contribution in [-0.2, 0) is 9.59 Å². The van der Waals surface area contributed by atoms with Gasteiger partial charge >= 0.3 is 0 Å². The number of aromatic amines is 1. The van der Waals surface area contributed by atoms with Crippen molar-refractivity contribution >= 4 is 46.8 Å². The van der Waals surface area contributed by atoms with Crippen LogP contribution < -0.4 is 10.6 Å². The van der Waals surface area contributed by atoms with Crippen molar-refractivity contribution in [3.8, 4) is 16.9 Å². The Balaban J connectivity index is 1.44. The molecule has 0 fully saturated rings. The van der Waals surface area contributed by atoms with E-state index in [1.807, 2.05) is 12.2 Å². The molecule has 4 aromatic rings. The molecular formula is C26H21Cl2FN8O2. The summed E-state index contributed by atoms with van der Waals surface area (Å²) in [5.74, 6) is -0.771. The quantitative estimate of drug-likeness (QED) is 0.234. The van der Waals surface area contributed by atoms with E-state index in [2.05, 4.69) is 36.1 Å². The number of halogens is 3. The maximum absolute atomic E-state index is 14.0. The van der Waals surface area contributed by atoms with Crippen LogP contribution in [-0.4, -0.2) is 42.0 Å². The molecule has 3 heterocycles. The zero-order valence-electron chi connectivity index (χ0n) is 20.2. The summed E-state index contributed by atoms with van der Waals surface area (Å²) < 4.78 is 15.4. The normalized spacial score (nSPS) is 16.5. The minimum Gasteiger partial charge on any atom is -0.342 e. The number of amides is 2. The SMILES string of the molecule is O=C(/C=C/c1cc(Cl)ccc1-n1cnnn1)N[C@H]1C/C=C\CCC(=O)Nc2cc(F)ccc2-c2nc1[nH]c2Cl. The van der Waals surface area contributed by atoms with E-state index in [9.17, 15) is 14.0 Å². The molecule has 5 rings (SSSR count). The summed E-state index contributed by atoms with van der Waals surface area (Å²) in [7, 11) is 0. The molecule has 2 amide bonds. The molecule has 0 saturated carbocycles. The van der Waals surface area contributed by atoms with Crippen molar-refractivity contribution in [2.75, 3.05) is 5.32 Å². The number of hydrogen-bond donors (Lipinski definition) is 3. The molecule has 0 aliphatic carbocycles. The first-order valence-corrected chi connectivity index (χ1v) is 12.6. The second kappa shape index (κ2) is 11.6. The van der Waals surface area contributed by atoms with E-state index in [0.29, 0.717) is 46.2 Å². The highest BCUT2D eigenvalue weighted by Crippen LogP contribution is 2.34. The number of nitrogens with zero attached hydrogens (tertiary/aromatic N) is 5. The number of H-pyrrole nitrogens is 1. The van der Waals surface area contributed by atoms with Gasteiger partial charge in [-0.15, -0.1) is 5.10 Å². The summed E-state index contributed by atoms with van der Waals surface area (Å²) in [6.07, 6.45) is 9.17. The average molecular weight is 567 g/mol. The lowest BCUT2D eigenvalue weighted by Gasteiger charge is -2.14. The molecule has 39 heavy (non-hydrogen) atoms. The molecule has 2 aromatic carbocycles. The molecule has 0 spiro atoms. The van der Waals surface area contributed by atoms with Crippen LogP contribution in [0.1, 0.15) is 36.7 Å². The number of allylic oxidation sites excluding steroid dienone is 1. The van der Waals surface area contributed by atoms with Crippen LogP contribution in [0.15, 0.2) is 61.0 Å². The van der Waals surface area contributed by atoms with Crippen molar-refractivity contribution in [1.29, 1.82) is 0 Å². The number of carbonyl (C=O) groups is 2. The van der Waals surface area contributed by atoms with Crippen LogP contribution in [0.2, 0.25) is 10.2 Å². The van der Waals surface area contributed by atoms with E-state index in [4.69, 9.17) is 23.2 Å². The summed E-state index contributed by atoms with van der Waals surface area (Å²) in [6, 6.07) is 8.54. The van der Waals surface area contributed by atoms with Crippen molar-refractivity contribution < 1.29 is 14.0 Å². The number of tetrazole rings is 1. The Morgan fingerprint density at radius 1 is 1.18 bits per heavy atom. The van der Waals surface area contributed by atoms with Gasteiger partial charge in [0.05, 0.1) is 17.4 Å². The Morgan fingerprint density at radius 3 is 2.87 bits per heavy atom. The lowest BCUT2D eigenvalue weighted by Crippen LogP contribution is -2.27. The molecule has 1 aliphatic heterocycles. The van der Waals surface area contributed by atoms with Crippen molar-refractivity contribution in [2.24, 2.45) is 0 Å². The van der Waals surface area contributed by atoms with Gasteiger partial charge in [-0.3, -0.25) is 9.59 Å². The molecule has 0 saturated heterocycles. The predicted octanol–water partition coefficient (Wildman–Crippen LogP) is 5.05. The van der Waals surface area contributed by atoms with Crippen LogP contribution in [0.3, 0.4) is 0 Å². The highest BCUT2D eigenvalue weighted by atomic mass is 35.5. The maximum Gasteiger partial charge on any atom is 0.244 e. The van der Waals surface area contributed by atoms with E-state index in [1.54, 1.807) is 24.3 Å². The molecule has 13 heteroatoms. The monoisotopic (exact) mass is 566 g/mol. The lowest BCUT2D eigenvalue weighted by atomic mass is 10.1. The number of nitrogens with one attached hydrogen (secondary N) is 3. The van der Waals surface area contributed by atoms with Gasteiger partial charge in [0.15, 0.2) is 0 Å². The predicted molar refractivity (Wildman–Crippen MR) is 145 cm³/mol. The summed E-state index contributed by atoms with van der Waals surface area (Å²) >= 11 is 12.6. The number of rotatable bonds is 4. The van der Waals surface area contributed by atoms with Gasteiger partial charge in [0.2, 0.25) is 11.8 Å². The second-order valence-corrected chi connectivity index (χ2v) is 9.43. The Hall–Kier alpha value is -4.35. The van der Waals surface area contributed by atoms with Crippen molar-refractivity contribution in [3.05, 3.63) is 88.3 Å². The minimum absolute atomic E-state index is 0.188. The van der Waals surface area contributed by atoms with E-state index in [0.717, 1.165) is 0 Å². The van der Waals surface area contributed by atoms with E-state index in [1.165, 1.54) is 35.3 Å². The summed E-state index contributed by atoms with van der Waals surface area (Å²) in [5, 5.41) is 17.5. The van der Waals surface area contributed by atoms with Crippen LogP contribution in [0.5, 0.6) is 0 Å². The summed E-state index contributed by atoms with van der Waals surface area (Å²) in [5.41, 5.74) is 2.30. The van der Waals surface area contributed by atoms with Gasteiger partial charge in [0.1, 0.15) is 28.8 Å². The van der Waals surface area contributed by atoms with Crippen LogP contribution in [0.4, 0.5) is 10.1 Å². The molecule has 198 valence electrons. The van der Waals surface area contributed by atoms with Crippen molar-refractivity contribution in [1.82, 2.24) is 35.5 Å². The standard InChI is InChI=1S/C26H21Cl2FN8O2/c27-16-7-10-21(37-14-30-35-36-37)15(12-16)6-11-23(39)31-19-4-2-1-3-5-22(38)32-20-13-17(29)8-9-18(20)24-25(28)34-26(19)33-24/h1-2,6-14,19H,3-5H2,(H,31,39)(H,32,38)(H,33,34)/b2-1-,11-6+/t19-/m0/s1. The van der Waals surface area contributed by atoms with Crippen molar-refractivity contribution in [3.63, 3.8) is 0 Å². The number of hydrogen-bond acceptors (Lipinski definition) is 6. The number of imidazole rings is 1. The number of fused-ring (bicyclic) bond motifs is 4. The highest BCUT2D eigenvalue weighted by Gasteiger charge is 2.22. The largest absolute Gasteiger partial charge is 0.342 e. The highest BCUT2D eigenvalue weighted by molar-refractivity contribution is 6.32. The van der Waals surface area contributed by atoms with Gasteiger partial charge in [-0.1, -0.05) is 35.4 Å².